The average molecular weight is 394 g/mol. The van der Waals surface area contributed by atoms with Gasteiger partial charge in [-0.2, -0.15) is 10.1 Å². The molecular weight excluding hydrogens is 376 g/mol. The molecule has 0 aliphatic carbocycles. The largest absolute Gasteiger partial charge is 0.497 e. The number of hydrazone groups is 1. The van der Waals surface area contributed by atoms with Gasteiger partial charge in [0, 0.05) is 0 Å². The molecule has 0 saturated carbocycles. The Hall–Kier alpha value is -3.94. The molecule has 1 amide bonds. The van der Waals surface area contributed by atoms with Crippen LogP contribution in [0.15, 0.2) is 59.2 Å². The number of amides is 1. The third kappa shape index (κ3) is 4.16. The summed E-state index contributed by atoms with van der Waals surface area (Å²) in [6.07, 6.45) is 1.53. The molecule has 0 atom stereocenters. The van der Waals surface area contributed by atoms with Crippen LogP contribution in [-0.4, -0.2) is 42.4 Å². The van der Waals surface area contributed by atoms with E-state index in [4.69, 9.17) is 9.47 Å². The maximum absolute atomic E-state index is 13.0. The molecule has 2 aromatic carbocycles. The zero-order chi connectivity index (χ0) is 21.0. The first-order chi connectivity index (χ1) is 13.9. The van der Waals surface area contributed by atoms with E-state index in [1.807, 2.05) is 0 Å². The fourth-order valence-corrected chi connectivity index (χ4v) is 2.71. The summed E-state index contributed by atoms with van der Waals surface area (Å²) in [6.45, 7) is 1.77. The molecule has 0 radical (unpaired) electrons. The maximum atomic E-state index is 13.0. The minimum Gasteiger partial charge on any atom is -0.497 e. The van der Waals surface area contributed by atoms with Gasteiger partial charge in [0.05, 0.1) is 30.5 Å². The second-order valence-electron chi connectivity index (χ2n) is 5.97. The van der Waals surface area contributed by atoms with Crippen LogP contribution in [0.4, 0.5) is 5.69 Å². The van der Waals surface area contributed by atoms with E-state index in [2.05, 4.69) is 5.10 Å². The summed E-state index contributed by atoms with van der Waals surface area (Å²) in [6, 6.07) is 12.6. The van der Waals surface area contributed by atoms with Gasteiger partial charge in [0.25, 0.3) is 5.91 Å². The Labute approximate surface area is 166 Å². The van der Waals surface area contributed by atoms with E-state index < -0.39 is 17.8 Å². The number of aromatic carboxylic acids is 1. The number of carboxylic acid groups (broad SMARTS) is 1. The van der Waals surface area contributed by atoms with Crippen molar-refractivity contribution in [2.75, 3.05) is 18.7 Å². The molecule has 0 bridgehead atoms. The van der Waals surface area contributed by atoms with Crippen molar-refractivity contribution < 1.29 is 29.0 Å². The van der Waals surface area contributed by atoms with E-state index in [0.29, 0.717) is 11.3 Å². The molecule has 8 heteroatoms. The van der Waals surface area contributed by atoms with Crippen molar-refractivity contribution in [3.05, 3.63) is 65.2 Å². The number of carboxylic acids is 1. The van der Waals surface area contributed by atoms with Gasteiger partial charge in [-0.15, -0.1) is 0 Å². The van der Waals surface area contributed by atoms with Crippen molar-refractivity contribution in [1.29, 1.82) is 0 Å². The minimum absolute atomic E-state index is 0.00392. The van der Waals surface area contributed by atoms with Crippen LogP contribution in [0.2, 0.25) is 0 Å². The van der Waals surface area contributed by atoms with Crippen LogP contribution in [0.25, 0.3) is 6.08 Å². The standard InChI is InChI=1S/C21H18N2O6/c1-3-29-21(27)18-17(11-13-7-9-16(28-2)10-8-13)19(24)23(22-18)15-6-4-5-14(12-15)20(25)26/h4-12H,3H2,1-2H3,(H,25,26)/b17-11-. The van der Waals surface area contributed by atoms with Crippen LogP contribution in [0.1, 0.15) is 22.8 Å². The summed E-state index contributed by atoms with van der Waals surface area (Å²) in [5, 5.41) is 14.3. The van der Waals surface area contributed by atoms with Gasteiger partial charge in [-0.25, -0.2) is 9.59 Å². The summed E-state index contributed by atoms with van der Waals surface area (Å²) >= 11 is 0. The summed E-state index contributed by atoms with van der Waals surface area (Å²) < 4.78 is 10.1. The van der Waals surface area contributed by atoms with Crippen molar-refractivity contribution in [2.45, 2.75) is 6.92 Å². The van der Waals surface area contributed by atoms with Crippen molar-refractivity contribution in [3.8, 4) is 5.75 Å². The van der Waals surface area contributed by atoms with Gasteiger partial charge in [-0.3, -0.25) is 4.79 Å². The average Bonchev–Trinajstić information content (AvgIpc) is 3.05. The number of benzene rings is 2. The fourth-order valence-electron chi connectivity index (χ4n) is 2.71. The van der Waals surface area contributed by atoms with Gasteiger partial charge in [-0.1, -0.05) is 18.2 Å². The van der Waals surface area contributed by atoms with Crippen LogP contribution < -0.4 is 9.75 Å². The second-order valence-corrected chi connectivity index (χ2v) is 5.97. The predicted octanol–water partition coefficient (Wildman–Crippen LogP) is 2.74. The summed E-state index contributed by atoms with van der Waals surface area (Å²) in [7, 11) is 1.54. The Kier molecular flexibility index (Phi) is 5.73. The van der Waals surface area contributed by atoms with Crippen LogP contribution in [-0.2, 0) is 14.3 Å². The van der Waals surface area contributed by atoms with E-state index in [1.165, 1.54) is 30.3 Å². The first-order valence-corrected chi connectivity index (χ1v) is 8.74. The lowest BCUT2D eigenvalue weighted by molar-refractivity contribution is -0.135. The predicted molar refractivity (Wildman–Crippen MR) is 106 cm³/mol. The highest BCUT2D eigenvalue weighted by Crippen LogP contribution is 2.27. The monoisotopic (exact) mass is 394 g/mol. The molecular formula is C21H18N2O6. The number of rotatable bonds is 6. The van der Waals surface area contributed by atoms with Crippen molar-refractivity contribution in [2.24, 2.45) is 5.10 Å². The zero-order valence-electron chi connectivity index (χ0n) is 15.8. The SMILES string of the molecule is CCOC(=O)C1=NN(c2cccc(C(=O)O)c2)C(=O)/C1=C\c1ccc(OC)cc1. The Morgan fingerprint density at radius 3 is 2.52 bits per heavy atom. The fraction of sp³-hybridized carbons (Fsp3) is 0.143. The van der Waals surface area contributed by atoms with E-state index in [-0.39, 0.29) is 29.1 Å². The molecule has 29 heavy (non-hydrogen) atoms. The molecule has 0 spiro atoms. The van der Waals surface area contributed by atoms with Crippen molar-refractivity contribution in [1.82, 2.24) is 0 Å². The molecule has 1 N–H and O–H groups in total. The smallest absolute Gasteiger partial charge is 0.359 e. The zero-order valence-corrected chi connectivity index (χ0v) is 15.8. The topological polar surface area (TPSA) is 106 Å². The van der Waals surface area contributed by atoms with Crippen molar-refractivity contribution in [3.63, 3.8) is 0 Å². The molecule has 0 aromatic heterocycles. The molecule has 3 rings (SSSR count). The van der Waals surface area contributed by atoms with Crippen molar-refractivity contribution >= 4 is 35.3 Å². The highest BCUT2D eigenvalue weighted by atomic mass is 16.5. The molecule has 0 saturated heterocycles. The minimum atomic E-state index is -1.14. The van der Waals surface area contributed by atoms with E-state index in [1.54, 1.807) is 38.3 Å². The second kappa shape index (κ2) is 8.39. The number of carbonyl (C=O) groups is 3. The number of esters is 1. The van der Waals surface area contributed by atoms with Gasteiger partial charge in [-0.05, 0) is 48.9 Å². The molecule has 1 aliphatic heterocycles. The van der Waals surface area contributed by atoms with Gasteiger partial charge < -0.3 is 14.6 Å². The Morgan fingerprint density at radius 1 is 1.17 bits per heavy atom. The third-order valence-corrected chi connectivity index (χ3v) is 4.11. The van der Waals surface area contributed by atoms with Crippen LogP contribution in [0.3, 0.4) is 0 Å². The quantitative estimate of drug-likeness (QED) is 0.597. The number of methoxy groups -OCH3 is 1. The molecule has 2 aromatic rings. The maximum Gasteiger partial charge on any atom is 0.359 e. The van der Waals surface area contributed by atoms with E-state index >= 15 is 0 Å². The van der Waals surface area contributed by atoms with Gasteiger partial charge >= 0.3 is 11.9 Å². The first kappa shape index (κ1) is 19.8. The highest BCUT2D eigenvalue weighted by Gasteiger charge is 2.36. The Balaban J connectivity index is 2.03. The lowest BCUT2D eigenvalue weighted by atomic mass is 10.1. The number of hydrogen-bond donors (Lipinski definition) is 1. The molecule has 0 fully saturated rings. The number of nitrogens with zero attached hydrogens (tertiary/aromatic N) is 2. The molecule has 1 aliphatic rings. The molecule has 8 nitrogen and oxygen atoms in total. The van der Waals surface area contributed by atoms with Gasteiger partial charge in [0.1, 0.15) is 5.75 Å². The number of carbonyl (C=O) groups excluding carboxylic acids is 2. The lowest BCUT2D eigenvalue weighted by Crippen LogP contribution is -2.23. The van der Waals surface area contributed by atoms with E-state index in [0.717, 1.165) is 5.01 Å². The highest BCUT2D eigenvalue weighted by molar-refractivity contribution is 6.54. The number of hydrogen-bond acceptors (Lipinski definition) is 6. The van der Waals surface area contributed by atoms with Crippen LogP contribution in [0.5, 0.6) is 5.75 Å². The van der Waals surface area contributed by atoms with Gasteiger partial charge in [0.15, 0.2) is 5.71 Å². The molecule has 0 unspecified atom stereocenters. The van der Waals surface area contributed by atoms with E-state index in [9.17, 15) is 19.5 Å². The summed E-state index contributed by atoms with van der Waals surface area (Å²) in [5.41, 5.74) is 0.792. The van der Waals surface area contributed by atoms with Crippen LogP contribution in [0, 0.1) is 0 Å². The number of ether oxygens (including phenoxy) is 2. The molecule has 1 heterocycles. The van der Waals surface area contributed by atoms with Crippen LogP contribution >= 0.6 is 0 Å². The Morgan fingerprint density at radius 2 is 1.90 bits per heavy atom. The summed E-state index contributed by atoms with van der Waals surface area (Å²) in [5.74, 6) is -1.79. The lowest BCUT2D eigenvalue weighted by Gasteiger charge is -2.12. The Bertz CT molecular complexity index is 1020. The first-order valence-electron chi connectivity index (χ1n) is 8.74. The van der Waals surface area contributed by atoms with Gasteiger partial charge in [0.2, 0.25) is 0 Å². The summed E-state index contributed by atoms with van der Waals surface area (Å²) in [4.78, 5) is 36.6. The number of anilines is 1. The normalized spacial score (nSPS) is 14.7. The molecule has 148 valence electrons. The third-order valence-electron chi connectivity index (χ3n) is 4.11.